The Bertz CT molecular complexity index is 2400. The summed E-state index contributed by atoms with van der Waals surface area (Å²) in [5.74, 6) is -0.105. The Hall–Kier alpha value is -6.23. The van der Waals surface area contributed by atoms with Gasteiger partial charge in [-0.25, -0.2) is 24.4 Å². The summed E-state index contributed by atoms with van der Waals surface area (Å²) in [4.78, 5) is 73.6. The summed E-state index contributed by atoms with van der Waals surface area (Å²) in [5.41, 5.74) is 1.39. The van der Waals surface area contributed by atoms with E-state index in [2.05, 4.69) is 18.1 Å². The molecule has 3 N–H and O–H groups in total. The van der Waals surface area contributed by atoms with E-state index in [1.54, 1.807) is 6.92 Å². The van der Waals surface area contributed by atoms with E-state index >= 15 is 0 Å². The standard InChI is InChI=1S/C43H48N6O14S2/c1-23-14-31-40(52)47(42(54)55)29-18-35(33(59-4)16-26(29)38(50)45(31)20-23)61-12-7-6-8-13-62-36-19-30-27(17-34(36)60-5)39(51)46-21-24(2)15-32(46)41(53)48(30)43(56)63-22-25(3)64-65-37-28(49(57)58)10-9-11-44-37/h9-11,16-19,25,31-32,40-41,52-53H,1-2,6-8,12-15,20-22H2,3-5H3,(H,54,55)/t25-,31+,32+,40+,41+/m1/s1. The Kier molecular flexibility index (Phi) is 14.3. The molecule has 20 nitrogen and oxygen atoms in total. The number of ether oxygens (including phenoxy) is 5. The number of methoxy groups -OCH3 is 2. The number of fused-ring (bicyclic) bond motifs is 4. The fourth-order valence-electron chi connectivity index (χ4n) is 8.12. The molecule has 0 radical (unpaired) electrons. The van der Waals surface area contributed by atoms with Gasteiger partial charge in [-0.3, -0.25) is 19.7 Å². The van der Waals surface area contributed by atoms with Crippen LogP contribution in [0.3, 0.4) is 0 Å². The van der Waals surface area contributed by atoms with E-state index < -0.39 is 53.5 Å². The highest BCUT2D eigenvalue weighted by Gasteiger charge is 2.48. The minimum Gasteiger partial charge on any atom is -0.493 e. The van der Waals surface area contributed by atoms with Crippen LogP contribution in [0.5, 0.6) is 23.0 Å². The number of aliphatic hydroxyl groups excluding tert-OH is 2. The van der Waals surface area contributed by atoms with Gasteiger partial charge in [-0.15, -0.1) is 0 Å². The van der Waals surface area contributed by atoms with Crippen LogP contribution in [-0.2, 0) is 4.74 Å². The van der Waals surface area contributed by atoms with Crippen LogP contribution < -0.4 is 28.7 Å². The van der Waals surface area contributed by atoms with Gasteiger partial charge in [0.2, 0.25) is 0 Å². The number of nitro groups is 1. The molecular formula is C43H48N6O14S2. The minimum absolute atomic E-state index is 0.0276. The number of carbonyl (C=O) groups is 4. The van der Waals surface area contributed by atoms with Crippen molar-refractivity contribution in [2.45, 2.75) is 73.8 Å². The smallest absolute Gasteiger partial charge is 0.416 e. The molecule has 3 aromatic rings. The number of unbranched alkanes of at least 4 members (excludes halogenated alkanes) is 2. The maximum Gasteiger partial charge on any atom is 0.416 e. The second-order valence-electron chi connectivity index (χ2n) is 15.7. The zero-order chi connectivity index (χ0) is 46.7. The first kappa shape index (κ1) is 46.8. The number of carbonyl (C=O) groups excluding carboxylic acids is 3. The van der Waals surface area contributed by atoms with Gasteiger partial charge in [-0.1, -0.05) is 35.1 Å². The van der Waals surface area contributed by atoms with Gasteiger partial charge in [0.1, 0.15) is 6.61 Å². The molecular weight excluding hydrogens is 889 g/mol. The molecule has 2 aromatic carbocycles. The highest BCUT2D eigenvalue weighted by molar-refractivity contribution is 8.77. The molecule has 22 heteroatoms. The number of pyridine rings is 1. The molecule has 0 bridgehead atoms. The van der Waals surface area contributed by atoms with E-state index in [0.29, 0.717) is 30.4 Å². The van der Waals surface area contributed by atoms with Crippen LogP contribution in [0.1, 0.15) is 59.7 Å². The summed E-state index contributed by atoms with van der Waals surface area (Å²) < 4.78 is 29.0. The molecule has 4 aliphatic heterocycles. The lowest BCUT2D eigenvalue weighted by Crippen LogP contribution is -2.51. The third kappa shape index (κ3) is 9.61. The van der Waals surface area contributed by atoms with Gasteiger partial charge in [0.25, 0.3) is 11.8 Å². The lowest BCUT2D eigenvalue weighted by Gasteiger charge is -2.31. The predicted octanol–water partition coefficient (Wildman–Crippen LogP) is 6.10. The molecule has 5 heterocycles. The van der Waals surface area contributed by atoms with Crippen molar-refractivity contribution in [3.05, 3.63) is 88.1 Å². The topological polar surface area (TPSA) is 244 Å². The maximum absolute atomic E-state index is 14.0. The molecule has 7 rings (SSSR count). The fourth-order valence-corrected chi connectivity index (χ4v) is 10.2. The lowest BCUT2D eigenvalue weighted by molar-refractivity contribution is -0.388. The third-order valence-electron chi connectivity index (χ3n) is 11.3. The Balaban J connectivity index is 1.00. The Morgan fingerprint density at radius 2 is 1.38 bits per heavy atom. The van der Waals surface area contributed by atoms with Crippen molar-refractivity contribution in [2.75, 3.05) is 56.9 Å². The van der Waals surface area contributed by atoms with Crippen molar-refractivity contribution in [3.8, 4) is 23.0 Å². The maximum atomic E-state index is 14.0. The molecule has 0 aliphatic carbocycles. The molecule has 346 valence electrons. The number of rotatable bonds is 16. The number of aromatic nitrogens is 1. The molecule has 2 saturated heterocycles. The Labute approximate surface area is 381 Å². The molecule has 4 amide bonds. The van der Waals surface area contributed by atoms with Gasteiger partial charge in [0.15, 0.2) is 40.5 Å². The average Bonchev–Trinajstić information content (AvgIpc) is 3.85. The molecule has 5 atom stereocenters. The zero-order valence-electron chi connectivity index (χ0n) is 35.7. The van der Waals surface area contributed by atoms with E-state index in [-0.39, 0.29) is 107 Å². The number of hydrogen-bond acceptors (Lipinski definition) is 16. The van der Waals surface area contributed by atoms with Gasteiger partial charge < -0.3 is 48.8 Å². The van der Waals surface area contributed by atoms with Crippen molar-refractivity contribution >= 4 is 62.7 Å². The van der Waals surface area contributed by atoms with Gasteiger partial charge in [-0.2, -0.15) is 0 Å². The molecule has 0 spiro atoms. The van der Waals surface area contributed by atoms with Crippen LogP contribution in [0.4, 0.5) is 26.7 Å². The fraction of sp³-hybridized carbons (Fsp3) is 0.419. The summed E-state index contributed by atoms with van der Waals surface area (Å²) in [6.07, 6.45) is -1.84. The highest BCUT2D eigenvalue weighted by atomic mass is 33.1. The Morgan fingerprint density at radius 1 is 0.862 bits per heavy atom. The number of nitrogens with zero attached hydrogens (tertiary/aromatic N) is 6. The number of aliphatic hydroxyl groups is 2. The van der Waals surface area contributed by atoms with Crippen LogP contribution in [0.25, 0.3) is 0 Å². The van der Waals surface area contributed by atoms with E-state index in [9.17, 15) is 44.6 Å². The van der Waals surface area contributed by atoms with Crippen LogP contribution in [-0.4, -0.2) is 136 Å². The molecule has 65 heavy (non-hydrogen) atoms. The van der Waals surface area contributed by atoms with Crippen molar-refractivity contribution in [3.63, 3.8) is 0 Å². The first-order valence-electron chi connectivity index (χ1n) is 20.5. The van der Waals surface area contributed by atoms with E-state index in [4.69, 9.17) is 23.7 Å². The Morgan fingerprint density at radius 3 is 1.89 bits per heavy atom. The van der Waals surface area contributed by atoms with Crippen molar-refractivity contribution < 1.29 is 63.1 Å². The van der Waals surface area contributed by atoms with Gasteiger partial charge in [0.05, 0.1) is 66.9 Å². The van der Waals surface area contributed by atoms with Gasteiger partial charge >= 0.3 is 17.9 Å². The average molecular weight is 937 g/mol. The first-order valence-corrected chi connectivity index (χ1v) is 22.8. The monoisotopic (exact) mass is 936 g/mol. The van der Waals surface area contributed by atoms with Crippen LogP contribution in [0.2, 0.25) is 0 Å². The summed E-state index contributed by atoms with van der Waals surface area (Å²) in [5, 5.41) is 44.2. The number of anilines is 2. The molecule has 2 fully saturated rings. The van der Waals surface area contributed by atoms with Crippen LogP contribution in [0, 0.1) is 10.1 Å². The predicted molar refractivity (Wildman–Crippen MR) is 238 cm³/mol. The molecule has 1 aromatic heterocycles. The normalized spacial score (nSPS) is 20.6. The van der Waals surface area contributed by atoms with E-state index in [1.165, 1.54) is 77.4 Å². The van der Waals surface area contributed by atoms with Crippen molar-refractivity contribution in [1.82, 2.24) is 14.8 Å². The molecule has 4 aliphatic rings. The van der Waals surface area contributed by atoms with Gasteiger partial charge in [-0.05, 0) is 68.0 Å². The summed E-state index contributed by atoms with van der Waals surface area (Å²) in [6.45, 7) is 10.3. The van der Waals surface area contributed by atoms with Crippen LogP contribution in [0.15, 0.2) is 71.9 Å². The quantitative estimate of drug-likeness (QED) is 0.0483. The second-order valence-corrected chi connectivity index (χ2v) is 18.3. The number of amides is 4. The van der Waals surface area contributed by atoms with Crippen molar-refractivity contribution in [2.24, 2.45) is 0 Å². The van der Waals surface area contributed by atoms with E-state index in [1.807, 2.05) is 0 Å². The lowest BCUT2D eigenvalue weighted by atomic mass is 10.1. The summed E-state index contributed by atoms with van der Waals surface area (Å²) in [7, 11) is 5.09. The SMILES string of the molecule is C=C1C[C@H]2[C@H](O)N(C(=O)O)c3cc(OCCCCCOc4cc5c(cc4OC)C(=O)N4CC(=C)C[C@H]4[C@H](O)N5C(=O)OC[C@@H](C)SSc4ncccc4[N+](=O)[O-])c(OC)cc3C(=O)N2C1. The number of benzene rings is 2. The minimum atomic E-state index is -1.53. The summed E-state index contributed by atoms with van der Waals surface area (Å²) >= 11 is 0. The molecule has 0 unspecified atom stereocenters. The zero-order valence-corrected chi connectivity index (χ0v) is 37.4. The van der Waals surface area contributed by atoms with Crippen LogP contribution >= 0.6 is 21.6 Å². The second kappa shape index (κ2) is 19.9. The first-order chi connectivity index (χ1) is 31.1. The van der Waals surface area contributed by atoms with Gasteiger partial charge in [0, 0.05) is 42.7 Å². The van der Waals surface area contributed by atoms with E-state index in [0.717, 1.165) is 20.6 Å². The summed E-state index contributed by atoms with van der Waals surface area (Å²) in [6, 6.07) is 6.92. The number of carboxylic acid groups (broad SMARTS) is 1. The highest BCUT2D eigenvalue weighted by Crippen LogP contribution is 2.44. The number of hydrogen-bond donors (Lipinski definition) is 3. The molecule has 0 saturated carbocycles. The van der Waals surface area contributed by atoms with Crippen molar-refractivity contribution in [1.29, 1.82) is 0 Å². The largest absolute Gasteiger partial charge is 0.493 e. The third-order valence-corrected chi connectivity index (χ3v) is 14.0.